The average Bonchev–Trinajstić information content (AvgIpc) is 3.38. The SMILES string of the molecule is CC1=NN(c2ccc(F)cc2Cl)C(=O)C12CCC(NC(=O)c1nc[nH]c1C(=O)N1CC(F)C1)CC2. The zero-order valence-corrected chi connectivity index (χ0v) is 19.6. The fraction of sp³-hybridized carbons (Fsp3) is 0.435. The van der Waals surface area contributed by atoms with Gasteiger partial charge in [-0.25, -0.2) is 13.8 Å². The summed E-state index contributed by atoms with van der Waals surface area (Å²) in [6, 6.07) is 3.56. The number of halogens is 3. The molecule has 35 heavy (non-hydrogen) atoms. The molecular formula is C23H23ClF2N6O3. The Balaban J connectivity index is 1.24. The minimum atomic E-state index is -1.05. The van der Waals surface area contributed by atoms with Crippen LogP contribution in [0.1, 0.15) is 53.6 Å². The molecule has 2 aliphatic heterocycles. The van der Waals surface area contributed by atoms with Crippen molar-refractivity contribution in [3.63, 3.8) is 0 Å². The Morgan fingerprint density at radius 2 is 1.97 bits per heavy atom. The lowest BCUT2D eigenvalue weighted by Gasteiger charge is -2.36. The van der Waals surface area contributed by atoms with Gasteiger partial charge in [-0.3, -0.25) is 14.4 Å². The van der Waals surface area contributed by atoms with Crippen molar-refractivity contribution in [1.82, 2.24) is 20.2 Å². The molecule has 2 fully saturated rings. The highest BCUT2D eigenvalue weighted by atomic mass is 35.5. The summed E-state index contributed by atoms with van der Waals surface area (Å²) >= 11 is 6.15. The molecule has 184 valence electrons. The van der Waals surface area contributed by atoms with Gasteiger partial charge in [0.1, 0.15) is 17.7 Å². The smallest absolute Gasteiger partial charge is 0.272 e. The van der Waals surface area contributed by atoms with Crippen LogP contribution < -0.4 is 10.3 Å². The van der Waals surface area contributed by atoms with E-state index in [4.69, 9.17) is 11.6 Å². The Hall–Kier alpha value is -3.34. The van der Waals surface area contributed by atoms with Crippen molar-refractivity contribution in [3.05, 3.63) is 46.8 Å². The molecule has 0 atom stereocenters. The molecule has 1 aromatic heterocycles. The number of H-pyrrole nitrogens is 1. The van der Waals surface area contributed by atoms with E-state index in [1.807, 2.05) is 0 Å². The Morgan fingerprint density at radius 3 is 2.63 bits per heavy atom. The first-order valence-electron chi connectivity index (χ1n) is 11.3. The molecule has 0 radical (unpaired) electrons. The first kappa shape index (κ1) is 23.4. The molecule has 9 nitrogen and oxygen atoms in total. The Kier molecular flexibility index (Phi) is 5.82. The van der Waals surface area contributed by atoms with Crippen LogP contribution in [0.2, 0.25) is 5.02 Å². The number of aromatic amines is 1. The van der Waals surface area contributed by atoms with Crippen molar-refractivity contribution >= 4 is 40.7 Å². The van der Waals surface area contributed by atoms with Crippen LogP contribution in [0.4, 0.5) is 14.5 Å². The molecule has 5 rings (SSSR count). The molecule has 2 aromatic rings. The summed E-state index contributed by atoms with van der Waals surface area (Å²) in [5, 5.41) is 8.65. The molecule has 0 unspecified atom stereocenters. The molecular weight excluding hydrogens is 482 g/mol. The van der Waals surface area contributed by atoms with E-state index in [1.54, 1.807) is 6.92 Å². The lowest BCUT2D eigenvalue weighted by molar-refractivity contribution is -0.125. The number of benzene rings is 1. The zero-order valence-electron chi connectivity index (χ0n) is 18.9. The summed E-state index contributed by atoms with van der Waals surface area (Å²) in [5.41, 5.74) is 0.148. The van der Waals surface area contributed by atoms with E-state index in [9.17, 15) is 23.2 Å². The van der Waals surface area contributed by atoms with E-state index in [2.05, 4.69) is 20.4 Å². The van der Waals surface area contributed by atoms with Gasteiger partial charge < -0.3 is 15.2 Å². The van der Waals surface area contributed by atoms with E-state index in [1.165, 1.54) is 28.4 Å². The van der Waals surface area contributed by atoms with Gasteiger partial charge in [-0.15, -0.1) is 0 Å². The number of aromatic nitrogens is 2. The van der Waals surface area contributed by atoms with Crippen molar-refractivity contribution in [3.8, 4) is 0 Å². The van der Waals surface area contributed by atoms with Crippen LogP contribution >= 0.6 is 11.6 Å². The van der Waals surface area contributed by atoms with Gasteiger partial charge in [0.05, 0.1) is 41.3 Å². The van der Waals surface area contributed by atoms with Crippen molar-refractivity contribution in [2.75, 3.05) is 18.1 Å². The Labute approximate surface area is 204 Å². The first-order chi connectivity index (χ1) is 16.7. The number of imidazole rings is 1. The first-order valence-corrected chi connectivity index (χ1v) is 11.7. The normalized spacial score (nSPS) is 24.5. The predicted octanol–water partition coefficient (Wildman–Crippen LogP) is 3.08. The van der Waals surface area contributed by atoms with Crippen LogP contribution in [0.25, 0.3) is 0 Å². The third-order valence-corrected chi connectivity index (χ3v) is 7.35. The van der Waals surface area contributed by atoms with Crippen molar-refractivity contribution in [2.45, 2.75) is 44.8 Å². The van der Waals surface area contributed by atoms with Crippen molar-refractivity contribution < 1.29 is 23.2 Å². The molecule has 0 bridgehead atoms. The Bertz CT molecular complexity index is 1230. The molecule has 3 aliphatic rings. The average molecular weight is 505 g/mol. The summed E-state index contributed by atoms with van der Waals surface area (Å²) in [5.74, 6) is -1.70. The highest BCUT2D eigenvalue weighted by Crippen LogP contribution is 2.45. The van der Waals surface area contributed by atoms with Crippen LogP contribution in [0, 0.1) is 11.2 Å². The minimum Gasteiger partial charge on any atom is -0.348 e. The van der Waals surface area contributed by atoms with Gasteiger partial charge in [0, 0.05) is 6.04 Å². The highest BCUT2D eigenvalue weighted by Gasteiger charge is 2.51. The number of likely N-dealkylation sites (tertiary alicyclic amines) is 1. The number of carbonyl (C=O) groups is 3. The summed E-state index contributed by atoms with van der Waals surface area (Å²) in [7, 11) is 0. The summed E-state index contributed by atoms with van der Waals surface area (Å²) in [6.07, 6.45) is 2.15. The van der Waals surface area contributed by atoms with Crippen LogP contribution in [0.3, 0.4) is 0 Å². The highest BCUT2D eigenvalue weighted by molar-refractivity contribution is 6.34. The van der Waals surface area contributed by atoms with Gasteiger partial charge in [-0.1, -0.05) is 11.6 Å². The lowest BCUT2D eigenvalue weighted by Crippen LogP contribution is -2.52. The number of nitrogens with one attached hydrogen (secondary N) is 2. The van der Waals surface area contributed by atoms with E-state index >= 15 is 0 Å². The molecule has 1 saturated carbocycles. The number of hydrogen-bond acceptors (Lipinski definition) is 5. The molecule has 1 aromatic carbocycles. The van der Waals surface area contributed by atoms with E-state index in [0.29, 0.717) is 37.1 Å². The van der Waals surface area contributed by atoms with Crippen LogP contribution in [-0.2, 0) is 4.79 Å². The molecule has 2 N–H and O–H groups in total. The third-order valence-electron chi connectivity index (χ3n) is 7.05. The summed E-state index contributed by atoms with van der Waals surface area (Å²) in [4.78, 5) is 46.7. The lowest BCUT2D eigenvalue weighted by atomic mass is 9.69. The quantitative estimate of drug-likeness (QED) is 0.666. The second-order valence-corrected chi connectivity index (χ2v) is 9.57. The van der Waals surface area contributed by atoms with Crippen LogP contribution in [-0.4, -0.2) is 63.6 Å². The van der Waals surface area contributed by atoms with Gasteiger partial charge in [-0.05, 0) is 50.8 Å². The van der Waals surface area contributed by atoms with Gasteiger partial charge >= 0.3 is 0 Å². The maximum Gasteiger partial charge on any atom is 0.272 e. The molecule has 1 saturated heterocycles. The number of hydrazone groups is 1. The molecule has 1 spiro atoms. The van der Waals surface area contributed by atoms with Gasteiger partial charge in [-0.2, -0.15) is 10.1 Å². The number of anilines is 1. The topological polar surface area (TPSA) is 111 Å². The number of nitrogens with zero attached hydrogens (tertiary/aromatic N) is 4. The number of carbonyl (C=O) groups excluding carboxylic acids is 3. The van der Waals surface area contributed by atoms with Crippen LogP contribution in [0.5, 0.6) is 0 Å². The summed E-state index contributed by atoms with van der Waals surface area (Å²) in [6.45, 7) is 1.78. The molecule has 1 aliphatic carbocycles. The molecule has 3 amide bonds. The van der Waals surface area contributed by atoms with E-state index < -0.39 is 29.2 Å². The Morgan fingerprint density at radius 1 is 1.26 bits per heavy atom. The fourth-order valence-corrected chi connectivity index (χ4v) is 5.17. The standard InChI is InChI=1S/C23H23ClF2N6O3/c1-12-23(22(35)32(30-12)17-3-2-13(25)8-16(17)24)6-4-15(5-7-23)29-20(33)18-19(28-11-27-18)21(34)31-9-14(26)10-31/h2-3,8,11,14-15H,4-7,9-10H2,1H3,(H,27,28)(H,29,33). The number of amides is 3. The van der Waals surface area contributed by atoms with Gasteiger partial charge in [0.15, 0.2) is 5.69 Å². The van der Waals surface area contributed by atoms with Gasteiger partial charge in [0.25, 0.3) is 17.7 Å². The number of alkyl halides is 1. The zero-order chi connectivity index (χ0) is 24.9. The maximum atomic E-state index is 13.4. The van der Waals surface area contributed by atoms with E-state index in [0.717, 1.165) is 6.07 Å². The van der Waals surface area contributed by atoms with Crippen LogP contribution in [0.15, 0.2) is 29.6 Å². The molecule has 3 heterocycles. The third kappa shape index (κ3) is 3.97. The fourth-order valence-electron chi connectivity index (χ4n) is 4.93. The second kappa shape index (κ2) is 8.71. The van der Waals surface area contributed by atoms with Crippen molar-refractivity contribution in [1.29, 1.82) is 0 Å². The molecule has 12 heteroatoms. The summed E-state index contributed by atoms with van der Waals surface area (Å²) < 4.78 is 26.6. The van der Waals surface area contributed by atoms with E-state index in [-0.39, 0.29) is 41.4 Å². The number of hydrogen-bond donors (Lipinski definition) is 2. The minimum absolute atomic E-state index is 0.00129. The largest absolute Gasteiger partial charge is 0.348 e. The second-order valence-electron chi connectivity index (χ2n) is 9.16. The number of rotatable bonds is 4. The monoisotopic (exact) mass is 504 g/mol. The van der Waals surface area contributed by atoms with Crippen molar-refractivity contribution in [2.24, 2.45) is 10.5 Å². The predicted molar refractivity (Wildman–Crippen MR) is 124 cm³/mol. The maximum absolute atomic E-state index is 13.4. The van der Waals surface area contributed by atoms with Gasteiger partial charge in [0.2, 0.25) is 0 Å².